The van der Waals surface area contributed by atoms with Gasteiger partial charge in [-0.3, -0.25) is 9.69 Å². The van der Waals surface area contributed by atoms with E-state index in [0.29, 0.717) is 17.9 Å². The molecule has 1 aliphatic heterocycles. The van der Waals surface area contributed by atoms with Gasteiger partial charge in [0.2, 0.25) is 0 Å². The van der Waals surface area contributed by atoms with Crippen molar-refractivity contribution in [3.05, 3.63) is 23.2 Å². The molecule has 22 heavy (non-hydrogen) atoms. The molecule has 1 aromatic rings. The van der Waals surface area contributed by atoms with E-state index in [9.17, 15) is 4.79 Å². The highest BCUT2D eigenvalue weighted by molar-refractivity contribution is 5.95. The predicted molar refractivity (Wildman–Crippen MR) is 89.2 cm³/mol. The Kier molecular flexibility index (Phi) is 5.32. The number of aryl methyl sites for hydroxylation is 2. The van der Waals surface area contributed by atoms with Crippen LogP contribution in [0.5, 0.6) is 0 Å². The second-order valence-corrected chi connectivity index (χ2v) is 7.18. The van der Waals surface area contributed by atoms with E-state index in [0.717, 1.165) is 24.8 Å². The molecule has 1 fully saturated rings. The molecule has 1 aromatic heterocycles. The fourth-order valence-corrected chi connectivity index (χ4v) is 3.31. The summed E-state index contributed by atoms with van der Waals surface area (Å²) in [5.74, 6) is 2.23. The number of hydrogen-bond donors (Lipinski definition) is 1. The van der Waals surface area contributed by atoms with Crippen LogP contribution in [0.3, 0.4) is 0 Å². The maximum Gasteiger partial charge on any atom is 0.254 e. The lowest BCUT2D eigenvalue weighted by Crippen LogP contribution is -2.54. The van der Waals surface area contributed by atoms with Gasteiger partial charge in [-0.25, -0.2) is 0 Å². The van der Waals surface area contributed by atoms with Crippen LogP contribution in [0.25, 0.3) is 0 Å². The number of amides is 1. The Balaban J connectivity index is 1.94. The lowest BCUT2D eigenvalue weighted by Gasteiger charge is -2.43. The molecule has 0 aliphatic carbocycles. The van der Waals surface area contributed by atoms with Crippen LogP contribution in [0.2, 0.25) is 0 Å². The topological polar surface area (TPSA) is 45.5 Å². The Morgan fingerprint density at radius 1 is 1.45 bits per heavy atom. The van der Waals surface area contributed by atoms with Crippen LogP contribution in [-0.4, -0.2) is 36.0 Å². The smallest absolute Gasteiger partial charge is 0.254 e. The molecule has 1 aliphatic rings. The predicted octanol–water partition coefficient (Wildman–Crippen LogP) is 3.53. The maximum absolute atomic E-state index is 12.3. The number of likely N-dealkylation sites (tertiary alicyclic amines) is 1. The van der Waals surface area contributed by atoms with Gasteiger partial charge >= 0.3 is 0 Å². The van der Waals surface area contributed by atoms with Gasteiger partial charge < -0.3 is 9.73 Å². The van der Waals surface area contributed by atoms with E-state index in [4.69, 9.17) is 4.42 Å². The van der Waals surface area contributed by atoms with Crippen LogP contribution in [0, 0.1) is 19.8 Å². The van der Waals surface area contributed by atoms with Gasteiger partial charge in [0, 0.05) is 18.6 Å². The normalized spacial score (nSPS) is 20.1. The third-order valence-corrected chi connectivity index (χ3v) is 4.92. The quantitative estimate of drug-likeness (QED) is 0.905. The zero-order valence-electron chi connectivity index (χ0n) is 14.7. The molecular weight excluding hydrogens is 276 g/mol. The Hall–Kier alpha value is -1.29. The van der Waals surface area contributed by atoms with E-state index in [1.165, 1.54) is 19.3 Å². The summed E-state index contributed by atoms with van der Waals surface area (Å²) >= 11 is 0. The van der Waals surface area contributed by atoms with Crippen molar-refractivity contribution in [1.82, 2.24) is 10.2 Å². The largest absolute Gasteiger partial charge is 0.466 e. The first-order chi connectivity index (χ1) is 10.3. The number of nitrogens with zero attached hydrogens (tertiary/aromatic N) is 1. The summed E-state index contributed by atoms with van der Waals surface area (Å²) in [5, 5.41) is 3.08. The second-order valence-electron chi connectivity index (χ2n) is 7.18. The molecule has 2 heterocycles. The Labute approximate surface area is 134 Å². The van der Waals surface area contributed by atoms with Crippen LogP contribution in [0.4, 0.5) is 0 Å². The number of hydrogen-bond acceptors (Lipinski definition) is 3. The van der Waals surface area contributed by atoms with Crippen LogP contribution in [0.15, 0.2) is 10.5 Å². The van der Waals surface area contributed by atoms with Gasteiger partial charge in [-0.2, -0.15) is 0 Å². The SMILES string of the molecule is CCC1CCCN(C(C)(C)CNC(=O)c2cc(C)oc2C)C1. The van der Waals surface area contributed by atoms with E-state index in [2.05, 4.69) is 31.0 Å². The fraction of sp³-hybridized carbons (Fsp3) is 0.722. The molecule has 1 atom stereocenters. The van der Waals surface area contributed by atoms with Crippen molar-refractivity contribution in [3.63, 3.8) is 0 Å². The Morgan fingerprint density at radius 2 is 2.18 bits per heavy atom. The Morgan fingerprint density at radius 3 is 2.77 bits per heavy atom. The van der Waals surface area contributed by atoms with Crippen molar-refractivity contribution >= 4 is 5.91 Å². The Bertz CT molecular complexity index is 519. The maximum atomic E-state index is 12.3. The van der Waals surface area contributed by atoms with E-state index in [1.807, 2.05) is 19.9 Å². The number of rotatable bonds is 5. The molecule has 1 unspecified atom stereocenters. The van der Waals surface area contributed by atoms with E-state index >= 15 is 0 Å². The second kappa shape index (κ2) is 6.86. The zero-order valence-corrected chi connectivity index (χ0v) is 14.7. The molecule has 4 nitrogen and oxygen atoms in total. The van der Waals surface area contributed by atoms with Gasteiger partial charge in [0.05, 0.1) is 5.56 Å². The standard InChI is InChI=1S/C18H30N2O2/c1-6-15-8-7-9-20(11-15)18(4,5)12-19-17(21)16-10-13(2)22-14(16)3/h10,15H,6-9,11-12H2,1-5H3,(H,19,21). The van der Waals surface area contributed by atoms with Gasteiger partial charge in [-0.05, 0) is 59.1 Å². The number of carbonyl (C=O) groups is 1. The highest BCUT2D eigenvalue weighted by Gasteiger charge is 2.31. The number of furan rings is 1. The molecular formula is C18H30N2O2. The minimum Gasteiger partial charge on any atom is -0.466 e. The monoisotopic (exact) mass is 306 g/mol. The number of nitrogens with one attached hydrogen (secondary N) is 1. The first-order valence-electron chi connectivity index (χ1n) is 8.43. The summed E-state index contributed by atoms with van der Waals surface area (Å²) in [6, 6.07) is 1.81. The van der Waals surface area contributed by atoms with Crippen molar-refractivity contribution in [2.24, 2.45) is 5.92 Å². The molecule has 1 amide bonds. The molecule has 1 N–H and O–H groups in total. The molecule has 0 spiro atoms. The van der Waals surface area contributed by atoms with Crippen molar-refractivity contribution in [1.29, 1.82) is 0 Å². The van der Waals surface area contributed by atoms with Gasteiger partial charge in [0.1, 0.15) is 11.5 Å². The van der Waals surface area contributed by atoms with Crippen LogP contribution < -0.4 is 5.32 Å². The van der Waals surface area contributed by atoms with Crippen molar-refractivity contribution in [3.8, 4) is 0 Å². The van der Waals surface area contributed by atoms with Gasteiger partial charge in [-0.1, -0.05) is 13.3 Å². The molecule has 2 rings (SSSR count). The lowest BCUT2D eigenvalue weighted by molar-refractivity contribution is 0.0611. The van der Waals surface area contributed by atoms with E-state index < -0.39 is 0 Å². The molecule has 0 radical (unpaired) electrons. The van der Waals surface area contributed by atoms with Crippen molar-refractivity contribution in [2.45, 2.75) is 59.4 Å². The number of piperidine rings is 1. The summed E-state index contributed by atoms with van der Waals surface area (Å²) in [6.07, 6.45) is 3.84. The van der Waals surface area contributed by atoms with Crippen LogP contribution in [-0.2, 0) is 0 Å². The number of carbonyl (C=O) groups excluding carboxylic acids is 1. The van der Waals surface area contributed by atoms with E-state index in [-0.39, 0.29) is 11.4 Å². The summed E-state index contributed by atoms with van der Waals surface area (Å²) in [6.45, 7) is 13.3. The van der Waals surface area contributed by atoms with Gasteiger partial charge in [-0.15, -0.1) is 0 Å². The lowest BCUT2D eigenvalue weighted by atomic mass is 9.91. The van der Waals surface area contributed by atoms with Gasteiger partial charge in [0.25, 0.3) is 5.91 Å². The molecule has 0 aromatic carbocycles. The summed E-state index contributed by atoms with van der Waals surface area (Å²) < 4.78 is 5.44. The van der Waals surface area contributed by atoms with Crippen LogP contribution >= 0.6 is 0 Å². The fourth-order valence-electron chi connectivity index (χ4n) is 3.31. The first-order valence-corrected chi connectivity index (χ1v) is 8.43. The average molecular weight is 306 g/mol. The molecule has 124 valence electrons. The summed E-state index contributed by atoms with van der Waals surface area (Å²) in [4.78, 5) is 14.9. The van der Waals surface area contributed by atoms with Crippen molar-refractivity contribution < 1.29 is 9.21 Å². The highest BCUT2D eigenvalue weighted by atomic mass is 16.3. The highest BCUT2D eigenvalue weighted by Crippen LogP contribution is 2.25. The molecule has 0 bridgehead atoms. The minimum atomic E-state index is -0.0357. The molecule has 1 saturated heterocycles. The first kappa shape index (κ1) is 17.1. The third kappa shape index (κ3) is 3.92. The average Bonchev–Trinajstić information content (AvgIpc) is 2.83. The summed E-state index contributed by atoms with van der Waals surface area (Å²) in [7, 11) is 0. The van der Waals surface area contributed by atoms with Gasteiger partial charge in [0.15, 0.2) is 0 Å². The zero-order chi connectivity index (χ0) is 16.3. The molecule has 4 heteroatoms. The minimum absolute atomic E-state index is 0.0177. The van der Waals surface area contributed by atoms with Crippen LogP contribution in [0.1, 0.15) is 61.9 Å². The van der Waals surface area contributed by atoms with E-state index in [1.54, 1.807) is 0 Å². The molecule has 0 saturated carbocycles. The third-order valence-electron chi connectivity index (χ3n) is 4.92. The summed E-state index contributed by atoms with van der Waals surface area (Å²) in [5.41, 5.74) is 0.634. The van der Waals surface area contributed by atoms with Crippen molar-refractivity contribution in [2.75, 3.05) is 19.6 Å².